The summed E-state index contributed by atoms with van der Waals surface area (Å²) in [6.45, 7) is 10.3. The van der Waals surface area contributed by atoms with Crippen molar-refractivity contribution in [1.82, 2.24) is 15.1 Å². The van der Waals surface area contributed by atoms with Crippen LogP contribution in [0, 0.1) is 24.2 Å². The van der Waals surface area contributed by atoms with Crippen molar-refractivity contribution in [3.05, 3.63) is 0 Å². The van der Waals surface area contributed by atoms with E-state index in [0.717, 1.165) is 51.4 Å². The molecule has 0 radical (unpaired) electrons. The van der Waals surface area contributed by atoms with E-state index in [2.05, 4.69) is 18.2 Å². The molecule has 0 spiro atoms. The van der Waals surface area contributed by atoms with Crippen molar-refractivity contribution in [3.63, 3.8) is 0 Å². The van der Waals surface area contributed by atoms with Crippen LogP contribution in [0.25, 0.3) is 0 Å². The molecule has 0 aliphatic carbocycles. The first-order valence-electron chi connectivity index (χ1n) is 14.7. The zero-order chi connectivity index (χ0) is 28.8. The van der Waals surface area contributed by atoms with E-state index >= 15 is 0 Å². The molecule has 9 heteroatoms. The second-order valence-corrected chi connectivity index (χ2v) is 11.8. The van der Waals surface area contributed by atoms with E-state index in [0.29, 0.717) is 51.5 Å². The van der Waals surface area contributed by atoms with E-state index < -0.39 is 17.6 Å². The largest absolute Gasteiger partial charge is 0.464 e. The number of likely N-dealkylation sites (tertiary alicyclic amines) is 2. The third-order valence-corrected chi connectivity index (χ3v) is 7.34. The molecule has 2 saturated heterocycles. The Hall–Kier alpha value is -2.76. The number of carbonyl (C=O) groups excluding carboxylic acids is 4. The highest BCUT2D eigenvalue weighted by Gasteiger charge is 2.32. The fourth-order valence-corrected chi connectivity index (χ4v) is 5.04. The second kappa shape index (κ2) is 16.4. The van der Waals surface area contributed by atoms with Gasteiger partial charge in [0, 0.05) is 39.0 Å². The molecule has 220 valence electrons. The SMILES string of the molecule is C#CC[C@H](NC(=O)[C@@H]1CCCN(C(=O)CCC2CCN(C(=O)OC(C)(C)C)CC2)C1)C(=O)OCCCCCC. The monoisotopic (exact) mass is 547 g/mol. The number of nitrogens with one attached hydrogen (secondary N) is 1. The molecule has 2 atom stereocenters. The summed E-state index contributed by atoms with van der Waals surface area (Å²) < 4.78 is 10.8. The van der Waals surface area contributed by atoms with E-state index in [1.54, 1.807) is 9.80 Å². The first-order chi connectivity index (χ1) is 18.5. The number of ether oxygens (including phenoxy) is 2. The van der Waals surface area contributed by atoms with E-state index in [-0.39, 0.29) is 30.2 Å². The Morgan fingerprint density at radius 3 is 2.38 bits per heavy atom. The maximum absolute atomic E-state index is 13.0. The lowest BCUT2D eigenvalue weighted by atomic mass is 9.91. The molecule has 2 aliphatic rings. The van der Waals surface area contributed by atoms with Crippen molar-refractivity contribution in [2.24, 2.45) is 11.8 Å². The highest BCUT2D eigenvalue weighted by Crippen LogP contribution is 2.25. The molecule has 0 bridgehead atoms. The molecule has 2 rings (SSSR count). The molecule has 0 unspecified atom stereocenters. The lowest BCUT2D eigenvalue weighted by Gasteiger charge is -2.35. The minimum Gasteiger partial charge on any atom is -0.464 e. The van der Waals surface area contributed by atoms with Crippen molar-refractivity contribution in [2.75, 3.05) is 32.8 Å². The van der Waals surface area contributed by atoms with Crippen LogP contribution in [-0.4, -0.2) is 78.1 Å². The van der Waals surface area contributed by atoms with Crippen LogP contribution in [0.5, 0.6) is 0 Å². The summed E-state index contributed by atoms with van der Waals surface area (Å²) in [5.74, 6) is 1.75. The average Bonchev–Trinajstić information content (AvgIpc) is 2.90. The summed E-state index contributed by atoms with van der Waals surface area (Å²) in [7, 11) is 0. The molecule has 2 aliphatic heterocycles. The molecule has 0 aromatic carbocycles. The topological polar surface area (TPSA) is 105 Å². The smallest absolute Gasteiger partial charge is 0.410 e. The number of rotatable bonds is 12. The molecular formula is C30H49N3O6. The van der Waals surface area contributed by atoms with Crippen LogP contribution in [0.4, 0.5) is 4.79 Å². The average molecular weight is 548 g/mol. The quantitative estimate of drug-likeness (QED) is 0.222. The van der Waals surface area contributed by atoms with Gasteiger partial charge in [0.25, 0.3) is 0 Å². The highest BCUT2D eigenvalue weighted by atomic mass is 16.6. The molecule has 3 amide bonds. The number of carbonyl (C=O) groups is 4. The third-order valence-electron chi connectivity index (χ3n) is 7.34. The third kappa shape index (κ3) is 11.9. The number of terminal acetylenes is 1. The van der Waals surface area contributed by atoms with E-state index in [1.807, 2.05) is 20.8 Å². The molecular weight excluding hydrogens is 498 g/mol. The number of piperidine rings is 2. The zero-order valence-corrected chi connectivity index (χ0v) is 24.5. The molecule has 2 heterocycles. The van der Waals surface area contributed by atoms with Gasteiger partial charge in [-0.3, -0.25) is 9.59 Å². The van der Waals surface area contributed by atoms with Gasteiger partial charge in [0.2, 0.25) is 11.8 Å². The van der Waals surface area contributed by atoms with Gasteiger partial charge in [0.05, 0.1) is 12.5 Å². The van der Waals surface area contributed by atoms with Gasteiger partial charge in [-0.25, -0.2) is 9.59 Å². The zero-order valence-electron chi connectivity index (χ0n) is 24.5. The summed E-state index contributed by atoms with van der Waals surface area (Å²) in [4.78, 5) is 54.2. The van der Waals surface area contributed by atoms with Gasteiger partial charge in [0.15, 0.2) is 0 Å². The van der Waals surface area contributed by atoms with Crippen LogP contribution < -0.4 is 5.32 Å². The van der Waals surface area contributed by atoms with E-state index in [1.165, 1.54) is 0 Å². The van der Waals surface area contributed by atoms with Gasteiger partial charge in [-0.15, -0.1) is 12.3 Å². The standard InChI is InChI=1S/C30H49N3O6/c1-6-8-9-10-21-38-28(36)25(12-7-2)31-27(35)24-13-11-18-33(22-24)26(34)15-14-23-16-19-32(20-17-23)29(37)39-30(3,4)5/h2,23-25H,6,8-22H2,1,3-5H3,(H,31,35)/t24-,25+/m1/s1. The van der Waals surface area contributed by atoms with Crippen LogP contribution in [-0.2, 0) is 23.9 Å². The first kappa shape index (κ1) is 32.5. The summed E-state index contributed by atoms with van der Waals surface area (Å²) in [5.41, 5.74) is -0.511. The van der Waals surface area contributed by atoms with Crippen molar-refractivity contribution < 1.29 is 28.7 Å². The number of hydrogen-bond acceptors (Lipinski definition) is 6. The summed E-state index contributed by atoms with van der Waals surface area (Å²) in [6.07, 6.45) is 13.5. The number of amides is 3. The van der Waals surface area contributed by atoms with Gasteiger partial charge in [0.1, 0.15) is 11.6 Å². The molecule has 9 nitrogen and oxygen atoms in total. The molecule has 1 N–H and O–H groups in total. The number of nitrogens with zero attached hydrogens (tertiary/aromatic N) is 2. The van der Waals surface area contributed by atoms with Gasteiger partial charge >= 0.3 is 12.1 Å². The van der Waals surface area contributed by atoms with Crippen LogP contribution in [0.15, 0.2) is 0 Å². The lowest BCUT2D eigenvalue weighted by Crippen LogP contribution is -2.49. The lowest BCUT2D eigenvalue weighted by molar-refractivity contribution is -0.149. The summed E-state index contributed by atoms with van der Waals surface area (Å²) in [6, 6.07) is -0.869. The van der Waals surface area contributed by atoms with Crippen LogP contribution in [0.2, 0.25) is 0 Å². The van der Waals surface area contributed by atoms with Crippen molar-refractivity contribution >= 4 is 23.9 Å². The van der Waals surface area contributed by atoms with Gasteiger partial charge < -0.3 is 24.6 Å². The summed E-state index contributed by atoms with van der Waals surface area (Å²) >= 11 is 0. The van der Waals surface area contributed by atoms with Gasteiger partial charge in [-0.2, -0.15) is 0 Å². The van der Waals surface area contributed by atoms with Crippen LogP contribution >= 0.6 is 0 Å². The number of esters is 1. The first-order valence-corrected chi connectivity index (χ1v) is 14.7. The Morgan fingerprint density at radius 1 is 1.03 bits per heavy atom. The fraction of sp³-hybridized carbons (Fsp3) is 0.800. The molecule has 39 heavy (non-hydrogen) atoms. The number of hydrogen-bond donors (Lipinski definition) is 1. The highest BCUT2D eigenvalue weighted by molar-refractivity contribution is 5.86. The predicted octanol–water partition coefficient (Wildman–Crippen LogP) is 4.28. The van der Waals surface area contributed by atoms with Crippen LogP contribution in [0.1, 0.15) is 98.3 Å². The predicted molar refractivity (Wildman–Crippen MR) is 150 cm³/mol. The van der Waals surface area contributed by atoms with Gasteiger partial charge in [-0.05, 0) is 65.2 Å². The maximum atomic E-state index is 13.0. The van der Waals surface area contributed by atoms with Gasteiger partial charge in [-0.1, -0.05) is 26.2 Å². The number of unbranched alkanes of at least 4 members (excludes halogenated alkanes) is 3. The Balaban J connectivity index is 1.76. The molecule has 2 fully saturated rings. The van der Waals surface area contributed by atoms with Crippen LogP contribution in [0.3, 0.4) is 0 Å². The van der Waals surface area contributed by atoms with E-state index in [9.17, 15) is 19.2 Å². The molecule has 0 aromatic rings. The minimum atomic E-state index is -0.869. The Labute approximate surface area is 234 Å². The Kier molecular flexibility index (Phi) is 13.6. The normalized spacial score (nSPS) is 19.1. The second-order valence-electron chi connectivity index (χ2n) is 11.8. The Morgan fingerprint density at radius 2 is 1.74 bits per heavy atom. The molecule has 0 saturated carbocycles. The Bertz CT molecular complexity index is 854. The van der Waals surface area contributed by atoms with Crippen molar-refractivity contribution in [3.8, 4) is 12.3 Å². The molecule has 0 aromatic heterocycles. The fourth-order valence-electron chi connectivity index (χ4n) is 5.04. The van der Waals surface area contributed by atoms with Crippen molar-refractivity contribution in [2.45, 2.75) is 110 Å². The van der Waals surface area contributed by atoms with E-state index in [4.69, 9.17) is 15.9 Å². The summed E-state index contributed by atoms with van der Waals surface area (Å²) in [5, 5.41) is 2.77. The van der Waals surface area contributed by atoms with Crippen molar-refractivity contribution in [1.29, 1.82) is 0 Å². The maximum Gasteiger partial charge on any atom is 0.410 e. The minimum absolute atomic E-state index is 0.0498.